The van der Waals surface area contributed by atoms with Crippen LogP contribution in [-0.4, -0.2) is 20.3 Å². The van der Waals surface area contributed by atoms with Crippen LogP contribution in [0.3, 0.4) is 0 Å². The van der Waals surface area contributed by atoms with Crippen molar-refractivity contribution < 1.29 is 9.47 Å². The quantitative estimate of drug-likeness (QED) is 0.783. The molecule has 20 heavy (non-hydrogen) atoms. The van der Waals surface area contributed by atoms with Crippen LogP contribution in [-0.2, 0) is 11.3 Å². The van der Waals surface area contributed by atoms with Crippen molar-refractivity contribution in [2.24, 2.45) is 0 Å². The van der Waals surface area contributed by atoms with Gasteiger partial charge in [-0.3, -0.25) is 0 Å². The third-order valence-corrected chi connectivity index (χ3v) is 3.01. The number of hydrogen-bond acceptors (Lipinski definition) is 3. The maximum absolute atomic E-state index is 5.95. The molecule has 1 N–H and O–H groups in total. The standard InChI is InChI=1S/C16H18ClNO2/c1-19-8-9-20-16-7-2-4-13(10-16)12-18-15-6-3-5-14(17)11-15/h2-7,10-11,18H,8-9,12H2,1H3. The Morgan fingerprint density at radius 2 is 1.90 bits per heavy atom. The summed E-state index contributed by atoms with van der Waals surface area (Å²) in [6, 6.07) is 15.7. The zero-order valence-corrected chi connectivity index (χ0v) is 12.2. The summed E-state index contributed by atoms with van der Waals surface area (Å²) in [6.45, 7) is 1.87. The minimum atomic E-state index is 0.557. The number of anilines is 1. The normalized spacial score (nSPS) is 10.3. The Morgan fingerprint density at radius 3 is 2.70 bits per heavy atom. The van der Waals surface area contributed by atoms with Gasteiger partial charge < -0.3 is 14.8 Å². The average molecular weight is 292 g/mol. The molecule has 2 aromatic carbocycles. The molecule has 3 nitrogen and oxygen atoms in total. The highest BCUT2D eigenvalue weighted by Gasteiger charge is 1.98. The monoisotopic (exact) mass is 291 g/mol. The van der Waals surface area contributed by atoms with Crippen molar-refractivity contribution in [2.45, 2.75) is 6.54 Å². The van der Waals surface area contributed by atoms with Gasteiger partial charge >= 0.3 is 0 Å². The van der Waals surface area contributed by atoms with E-state index in [1.54, 1.807) is 7.11 Å². The number of hydrogen-bond donors (Lipinski definition) is 1. The van der Waals surface area contributed by atoms with Crippen LogP contribution in [0.25, 0.3) is 0 Å². The largest absolute Gasteiger partial charge is 0.491 e. The van der Waals surface area contributed by atoms with E-state index < -0.39 is 0 Å². The summed E-state index contributed by atoms with van der Waals surface area (Å²) in [6.07, 6.45) is 0. The molecule has 0 aromatic heterocycles. The fourth-order valence-electron chi connectivity index (χ4n) is 1.79. The molecule has 0 heterocycles. The van der Waals surface area contributed by atoms with Gasteiger partial charge in [0.15, 0.2) is 0 Å². The maximum atomic E-state index is 5.95. The first-order valence-corrected chi connectivity index (χ1v) is 6.86. The van der Waals surface area contributed by atoms with E-state index >= 15 is 0 Å². The van der Waals surface area contributed by atoms with Gasteiger partial charge in [0.25, 0.3) is 0 Å². The lowest BCUT2D eigenvalue weighted by Crippen LogP contribution is -2.05. The Hall–Kier alpha value is -1.71. The SMILES string of the molecule is COCCOc1cccc(CNc2cccc(Cl)c2)c1. The second-order valence-electron chi connectivity index (χ2n) is 4.35. The molecule has 0 fully saturated rings. The molecule has 106 valence electrons. The Balaban J connectivity index is 1.91. The van der Waals surface area contributed by atoms with Gasteiger partial charge in [0.2, 0.25) is 0 Å². The van der Waals surface area contributed by atoms with Crippen LogP contribution in [0, 0.1) is 0 Å². The Labute approximate surface area is 124 Å². The molecule has 0 spiro atoms. The molecule has 0 unspecified atom stereocenters. The number of nitrogens with one attached hydrogen (secondary N) is 1. The number of halogens is 1. The van der Waals surface area contributed by atoms with Crippen LogP contribution in [0.2, 0.25) is 5.02 Å². The molecule has 0 aliphatic heterocycles. The molecular weight excluding hydrogens is 274 g/mol. The Bertz CT molecular complexity index is 546. The summed E-state index contributed by atoms with van der Waals surface area (Å²) in [7, 11) is 1.66. The third-order valence-electron chi connectivity index (χ3n) is 2.78. The molecular formula is C16H18ClNO2. The van der Waals surface area contributed by atoms with Crippen molar-refractivity contribution in [2.75, 3.05) is 25.6 Å². The lowest BCUT2D eigenvalue weighted by Gasteiger charge is -2.09. The van der Waals surface area contributed by atoms with E-state index in [-0.39, 0.29) is 0 Å². The van der Waals surface area contributed by atoms with E-state index in [1.807, 2.05) is 42.5 Å². The summed E-state index contributed by atoms with van der Waals surface area (Å²) in [4.78, 5) is 0. The van der Waals surface area contributed by atoms with Gasteiger partial charge in [0.1, 0.15) is 12.4 Å². The third kappa shape index (κ3) is 4.76. The van der Waals surface area contributed by atoms with Gasteiger partial charge in [0.05, 0.1) is 6.61 Å². The maximum Gasteiger partial charge on any atom is 0.119 e. The predicted octanol–water partition coefficient (Wildman–Crippen LogP) is 3.98. The fraction of sp³-hybridized carbons (Fsp3) is 0.250. The highest BCUT2D eigenvalue weighted by atomic mass is 35.5. The molecule has 0 aliphatic carbocycles. The highest BCUT2D eigenvalue weighted by Crippen LogP contribution is 2.17. The van der Waals surface area contributed by atoms with Gasteiger partial charge in [0, 0.05) is 24.4 Å². The summed E-state index contributed by atoms with van der Waals surface area (Å²) in [5, 5.41) is 4.06. The van der Waals surface area contributed by atoms with E-state index in [0.29, 0.717) is 13.2 Å². The van der Waals surface area contributed by atoms with Crippen LogP contribution >= 0.6 is 11.6 Å². The molecule has 0 saturated carbocycles. The Kier molecular flexibility index (Phi) is 5.71. The molecule has 0 amide bonds. The molecule has 0 radical (unpaired) electrons. The fourth-order valence-corrected chi connectivity index (χ4v) is 1.98. The molecule has 4 heteroatoms. The lowest BCUT2D eigenvalue weighted by atomic mass is 10.2. The van der Waals surface area contributed by atoms with Crippen LogP contribution in [0.1, 0.15) is 5.56 Å². The second-order valence-corrected chi connectivity index (χ2v) is 4.79. The molecule has 0 aliphatic rings. The van der Waals surface area contributed by atoms with Crippen LogP contribution in [0.5, 0.6) is 5.75 Å². The van der Waals surface area contributed by atoms with Crippen LogP contribution in [0.4, 0.5) is 5.69 Å². The van der Waals surface area contributed by atoms with Gasteiger partial charge in [-0.15, -0.1) is 0 Å². The zero-order valence-electron chi connectivity index (χ0n) is 11.4. The van der Waals surface area contributed by atoms with Gasteiger partial charge in [-0.1, -0.05) is 29.8 Å². The van der Waals surface area contributed by atoms with Crippen molar-refractivity contribution in [1.29, 1.82) is 0 Å². The van der Waals surface area contributed by atoms with Crippen LogP contribution in [0.15, 0.2) is 48.5 Å². The van der Waals surface area contributed by atoms with Crippen molar-refractivity contribution in [3.63, 3.8) is 0 Å². The average Bonchev–Trinajstić information content (AvgIpc) is 2.46. The summed E-state index contributed by atoms with van der Waals surface area (Å²) in [5.74, 6) is 0.854. The molecule has 0 saturated heterocycles. The topological polar surface area (TPSA) is 30.5 Å². The molecule has 0 bridgehead atoms. The van der Waals surface area contributed by atoms with E-state index in [9.17, 15) is 0 Å². The number of benzene rings is 2. The molecule has 2 rings (SSSR count). The van der Waals surface area contributed by atoms with E-state index in [0.717, 1.165) is 28.6 Å². The van der Waals surface area contributed by atoms with Gasteiger partial charge in [-0.05, 0) is 35.9 Å². The first-order chi connectivity index (χ1) is 9.78. The van der Waals surface area contributed by atoms with Gasteiger partial charge in [-0.25, -0.2) is 0 Å². The van der Waals surface area contributed by atoms with E-state index in [1.165, 1.54) is 0 Å². The van der Waals surface area contributed by atoms with Crippen molar-refractivity contribution in [3.8, 4) is 5.75 Å². The molecule has 0 atom stereocenters. The summed E-state index contributed by atoms with van der Waals surface area (Å²) in [5.41, 5.74) is 2.16. The van der Waals surface area contributed by atoms with Crippen LogP contribution < -0.4 is 10.1 Å². The van der Waals surface area contributed by atoms with Crippen molar-refractivity contribution in [1.82, 2.24) is 0 Å². The minimum Gasteiger partial charge on any atom is -0.491 e. The van der Waals surface area contributed by atoms with E-state index in [4.69, 9.17) is 21.1 Å². The first kappa shape index (κ1) is 14.7. The Morgan fingerprint density at radius 1 is 1.05 bits per heavy atom. The van der Waals surface area contributed by atoms with Crippen molar-refractivity contribution in [3.05, 3.63) is 59.1 Å². The summed E-state index contributed by atoms with van der Waals surface area (Å²) < 4.78 is 10.5. The summed E-state index contributed by atoms with van der Waals surface area (Å²) >= 11 is 5.95. The first-order valence-electron chi connectivity index (χ1n) is 6.48. The number of methoxy groups -OCH3 is 1. The van der Waals surface area contributed by atoms with Crippen molar-refractivity contribution >= 4 is 17.3 Å². The number of ether oxygens (including phenoxy) is 2. The zero-order chi connectivity index (χ0) is 14.2. The van der Waals surface area contributed by atoms with E-state index in [2.05, 4.69) is 11.4 Å². The predicted molar refractivity (Wildman–Crippen MR) is 82.6 cm³/mol. The molecule has 2 aromatic rings. The smallest absolute Gasteiger partial charge is 0.119 e. The number of rotatable bonds is 7. The lowest BCUT2D eigenvalue weighted by molar-refractivity contribution is 0.146. The second kappa shape index (κ2) is 7.78. The minimum absolute atomic E-state index is 0.557. The van der Waals surface area contributed by atoms with Gasteiger partial charge in [-0.2, -0.15) is 0 Å². The highest BCUT2D eigenvalue weighted by molar-refractivity contribution is 6.30.